The number of aliphatic hydroxyl groups is 8. The molecule has 0 saturated carbocycles. The fraction of sp³-hybridized carbons (Fsp3) is 0.868. The van der Waals surface area contributed by atoms with Gasteiger partial charge in [-0.1, -0.05) is 102 Å². The molecule has 2 aliphatic rings. The second kappa shape index (κ2) is 27.1. The third kappa shape index (κ3) is 16.5. The van der Waals surface area contributed by atoms with E-state index in [4.69, 9.17) is 18.9 Å². The highest BCUT2D eigenvalue weighted by Gasteiger charge is 2.50. The molecule has 52 heavy (non-hydrogen) atoms. The zero-order valence-corrected chi connectivity index (χ0v) is 31.3. The molecule has 12 atom stereocenters. The normalized spacial score (nSPS) is 31.0. The average molecular weight is 748 g/mol. The fourth-order valence-corrected chi connectivity index (χ4v) is 6.35. The highest BCUT2D eigenvalue weighted by atomic mass is 16.7. The monoisotopic (exact) mass is 747 g/mol. The number of rotatable bonds is 27. The summed E-state index contributed by atoms with van der Waals surface area (Å²) in [6.45, 7) is 2.35. The fourth-order valence-electron chi connectivity index (χ4n) is 6.35. The van der Waals surface area contributed by atoms with Crippen LogP contribution in [-0.4, -0.2) is 140 Å². The largest absolute Gasteiger partial charge is 0.394 e. The molecule has 2 aliphatic heterocycles. The molecule has 0 aromatic carbocycles. The third-order valence-electron chi connectivity index (χ3n) is 9.61. The highest BCUT2D eigenvalue weighted by molar-refractivity contribution is 5.76. The summed E-state index contributed by atoms with van der Waals surface area (Å²) in [5.74, 6) is -0.305. The lowest BCUT2D eigenvalue weighted by molar-refractivity contribution is -0.359. The Balaban J connectivity index is 1.81. The van der Waals surface area contributed by atoms with Crippen molar-refractivity contribution in [3.05, 3.63) is 24.3 Å². The molecule has 0 aromatic heterocycles. The van der Waals surface area contributed by atoms with Crippen LogP contribution in [0.1, 0.15) is 117 Å². The molecule has 304 valence electrons. The molecule has 9 N–H and O–H groups in total. The lowest BCUT2D eigenvalue weighted by Gasteiger charge is -2.46. The standard InChI is InChI=1S/C38H69NO13/c1-3-5-6-7-8-9-10-11-12-13-14-15-16-17-18-19-20-22-27(42)26(39-30(43)21-4-2)25-49-37-35(48)33(46)36(29(24-41)51-37)52-38-34(47)32(45)31(44)28(23-40)50-38/h16-17,20,22,26-29,31-38,40-42,44-48H,3-15,18-19,21,23-25H2,1-2H3,(H,39,43)/b17-16+,22-20+. The third-order valence-corrected chi connectivity index (χ3v) is 9.61. The number of hydrogen-bond donors (Lipinski definition) is 9. The van der Waals surface area contributed by atoms with Gasteiger partial charge in [0.1, 0.15) is 48.8 Å². The lowest BCUT2D eigenvalue weighted by atomic mass is 9.97. The van der Waals surface area contributed by atoms with Crippen LogP contribution in [0.4, 0.5) is 0 Å². The summed E-state index contributed by atoms with van der Waals surface area (Å²) in [4.78, 5) is 12.4. The van der Waals surface area contributed by atoms with Crippen LogP contribution in [-0.2, 0) is 23.7 Å². The van der Waals surface area contributed by atoms with E-state index < -0.39 is 86.8 Å². The number of hydrogen-bond acceptors (Lipinski definition) is 13. The van der Waals surface area contributed by atoms with Crippen LogP contribution < -0.4 is 5.32 Å². The van der Waals surface area contributed by atoms with Gasteiger partial charge in [0.15, 0.2) is 12.6 Å². The maximum absolute atomic E-state index is 12.4. The second-order valence-electron chi connectivity index (χ2n) is 14.1. The van der Waals surface area contributed by atoms with Crippen molar-refractivity contribution >= 4 is 5.91 Å². The summed E-state index contributed by atoms with van der Waals surface area (Å²) >= 11 is 0. The van der Waals surface area contributed by atoms with Gasteiger partial charge >= 0.3 is 0 Å². The average Bonchev–Trinajstić information content (AvgIpc) is 3.13. The minimum Gasteiger partial charge on any atom is -0.394 e. The Morgan fingerprint density at radius 2 is 1.23 bits per heavy atom. The van der Waals surface area contributed by atoms with Crippen molar-refractivity contribution < 1.29 is 64.6 Å². The van der Waals surface area contributed by atoms with Crippen LogP contribution in [0.15, 0.2) is 24.3 Å². The van der Waals surface area contributed by atoms with E-state index in [1.807, 2.05) is 13.0 Å². The molecule has 12 unspecified atom stereocenters. The van der Waals surface area contributed by atoms with Crippen molar-refractivity contribution in [3.63, 3.8) is 0 Å². The Morgan fingerprint density at radius 3 is 1.85 bits per heavy atom. The second-order valence-corrected chi connectivity index (χ2v) is 14.1. The van der Waals surface area contributed by atoms with E-state index in [1.165, 1.54) is 70.6 Å². The Kier molecular flexibility index (Phi) is 24.3. The summed E-state index contributed by atoms with van der Waals surface area (Å²) in [5.41, 5.74) is 0. The number of allylic oxidation sites excluding steroid dienone is 3. The van der Waals surface area contributed by atoms with Crippen molar-refractivity contribution in [1.82, 2.24) is 5.32 Å². The summed E-state index contributed by atoms with van der Waals surface area (Å²) in [5, 5.41) is 85.3. The van der Waals surface area contributed by atoms with Crippen LogP contribution in [0.2, 0.25) is 0 Å². The van der Waals surface area contributed by atoms with Crippen LogP contribution in [0.3, 0.4) is 0 Å². The number of unbranched alkanes of at least 4 members (excludes halogenated alkanes) is 12. The molecule has 14 nitrogen and oxygen atoms in total. The van der Waals surface area contributed by atoms with Crippen LogP contribution in [0.25, 0.3) is 0 Å². The molecule has 2 saturated heterocycles. The van der Waals surface area contributed by atoms with Crippen molar-refractivity contribution in [3.8, 4) is 0 Å². The van der Waals surface area contributed by atoms with Gasteiger partial charge in [-0.2, -0.15) is 0 Å². The zero-order valence-electron chi connectivity index (χ0n) is 31.3. The van der Waals surface area contributed by atoms with Gasteiger partial charge in [0.05, 0.1) is 32.0 Å². The number of carbonyl (C=O) groups excluding carboxylic acids is 1. The van der Waals surface area contributed by atoms with Gasteiger partial charge in [-0.05, 0) is 32.1 Å². The smallest absolute Gasteiger partial charge is 0.220 e. The Hall–Kier alpha value is -1.53. The summed E-state index contributed by atoms with van der Waals surface area (Å²) in [7, 11) is 0. The van der Waals surface area contributed by atoms with Gasteiger partial charge in [-0.3, -0.25) is 4.79 Å². The minimum absolute atomic E-state index is 0.224. The van der Waals surface area contributed by atoms with Crippen LogP contribution >= 0.6 is 0 Å². The first-order chi connectivity index (χ1) is 25.1. The molecule has 0 radical (unpaired) electrons. The van der Waals surface area contributed by atoms with E-state index in [0.29, 0.717) is 12.8 Å². The molecular weight excluding hydrogens is 678 g/mol. The number of aliphatic hydroxyl groups excluding tert-OH is 8. The maximum Gasteiger partial charge on any atom is 0.220 e. The molecule has 0 aromatic rings. The molecule has 0 aliphatic carbocycles. The van der Waals surface area contributed by atoms with Gasteiger partial charge < -0.3 is 65.1 Å². The quantitative estimate of drug-likeness (QED) is 0.0433. The van der Waals surface area contributed by atoms with Crippen LogP contribution in [0.5, 0.6) is 0 Å². The molecule has 2 rings (SSSR count). The van der Waals surface area contributed by atoms with E-state index in [0.717, 1.165) is 12.8 Å². The van der Waals surface area contributed by atoms with Crippen LogP contribution in [0, 0.1) is 0 Å². The number of nitrogens with one attached hydrogen (secondary N) is 1. The molecule has 14 heteroatoms. The highest BCUT2D eigenvalue weighted by Crippen LogP contribution is 2.29. The first kappa shape index (κ1) is 46.6. The Morgan fingerprint density at radius 1 is 0.673 bits per heavy atom. The van der Waals surface area contributed by atoms with E-state index >= 15 is 0 Å². The first-order valence-corrected chi connectivity index (χ1v) is 19.6. The number of ether oxygens (including phenoxy) is 4. The zero-order chi connectivity index (χ0) is 38.3. The molecule has 0 spiro atoms. The van der Waals surface area contributed by atoms with Gasteiger partial charge in [-0.25, -0.2) is 0 Å². The minimum atomic E-state index is -1.78. The summed E-state index contributed by atoms with van der Waals surface area (Å²) in [6.07, 6.45) is 8.56. The van der Waals surface area contributed by atoms with Gasteiger partial charge in [-0.15, -0.1) is 0 Å². The molecular formula is C38H69NO13. The Labute approximate surface area is 309 Å². The first-order valence-electron chi connectivity index (χ1n) is 19.6. The predicted octanol–water partition coefficient (Wildman–Crippen LogP) is 1.87. The Bertz CT molecular complexity index is 983. The van der Waals surface area contributed by atoms with Crippen molar-refractivity contribution in [2.75, 3.05) is 19.8 Å². The van der Waals surface area contributed by atoms with Crippen molar-refractivity contribution in [1.29, 1.82) is 0 Å². The predicted molar refractivity (Wildman–Crippen MR) is 194 cm³/mol. The van der Waals surface area contributed by atoms with Crippen molar-refractivity contribution in [2.45, 2.75) is 190 Å². The van der Waals surface area contributed by atoms with Gasteiger partial charge in [0, 0.05) is 6.42 Å². The molecule has 2 fully saturated rings. The van der Waals surface area contributed by atoms with Gasteiger partial charge in [0.2, 0.25) is 5.91 Å². The van der Waals surface area contributed by atoms with Crippen molar-refractivity contribution in [2.24, 2.45) is 0 Å². The van der Waals surface area contributed by atoms with E-state index in [-0.39, 0.29) is 18.9 Å². The van der Waals surface area contributed by atoms with E-state index in [1.54, 1.807) is 6.08 Å². The molecule has 0 bridgehead atoms. The maximum atomic E-state index is 12.4. The number of amides is 1. The topological polar surface area (TPSA) is 228 Å². The van der Waals surface area contributed by atoms with Gasteiger partial charge in [0.25, 0.3) is 0 Å². The molecule has 1 amide bonds. The summed E-state index contributed by atoms with van der Waals surface area (Å²) in [6, 6.07) is -0.921. The lowest BCUT2D eigenvalue weighted by Crippen LogP contribution is -2.65. The molecule has 2 heterocycles. The van der Waals surface area contributed by atoms with E-state index in [9.17, 15) is 45.6 Å². The summed E-state index contributed by atoms with van der Waals surface area (Å²) < 4.78 is 22.3. The SMILES string of the molecule is CCCCCCCCCCCCC/C=C/CC/C=C/C(O)C(COC1OC(CO)C(OC2OC(CO)C(O)C(O)C2O)C(O)C1O)NC(=O)CCC. The van der Waals surface area contributed by atoms with E-state index in [2.05, 4.69) is 24.4 Å². The number of carbonyl (C=O) groups is 1.